The summed E-state index contributed by atoms with van der Waals surface area (Å²) in [5, 5.41) is 2.31. The first kappa shape index (κ1) is 17.7. The van der Waals surface area contributed by atoms with Crippen molar-refractivity contribution in [1.29, 1.82) is 0 Å². The Morgan fingerprint density at radius 2 is 1.78 bits per heavy atom. The number of hydrogen-bond donors (Lipinski definition) is 1. The van der Waals surface area contributed by atoms with Crippen molar-refractivity contribution in [2.45, 2.75) is 51.6 Å². The van der Waals surface area contributed by atoms with E-state index in [0.717, 1.165) is 25.9 Å². The summed E-state index contributed by atoms with van der Waals surface area (Å²) in [7, 11) is 0. The number of ether oxygens (including phenoxy) is 1. The minimum atomic E-state index is -0.408. The normalized spacial score (nSPS) is 16.1. The Kier molecular flexibility index (Phi) is 6.34. The highest BCUT2D eigenvalue weighted by Crippen LogP contribution is 2.28. The van der Waals surface area contributed by atoms with Gasteiger partial charge < -0.3 is 10.1 Å². The van der Waals surface area contributed by atoms with E-state index in [2.05, 4.69) is 5.32 Å². The molecule has 1 aromatic rings. The number of nitrogens with two attached hydrogens (primary N) is 1. The topological polar surface area (TPSA) is 60.0 Å². The van der Waals surface area contributed by atoms with Crippen molar-refractivity contribution < 1.29 is 19.6 Å². The van der Waals surface area contributed by atoms with Crippen LogP contribution in [-0.2, 0) is 9.53 Å². The van der Waals surface area contributed by atoms with Gasteiger partial charge in [0.15, 0.2) is 5.78 Å². The molecule has 2 rings (SSSR count). The third-order valence-corrected chi connectivity index (χ3v) is 4.68. The molecule has 1 aliphatic rings. The fourth-order valence-electron chi connectivity index (χ4n) is 3.21. The summed E-state index contributed by atoms with van der Waals surface area (Å²) in [6, 6.07) is 9.21. The van der Waals surface area contributed by atoms with Crippen LogP contribution in [-0.4, -0.2) is 30.4 Å². The van der Waals surface area contributed by atoms with Gasteiger partial charge in [-0.05, 0) is 20.3 Å². The number of piperidine rings is 1. The van der Waals surface area contributed by atoms with Crippen molar-refractivity contribution in [1.82, 2.24) is 0 Å². The van der Waals surface area contributed by atoms with E-state index < -0.39 is 5.60 Å². The van der Waals surface area contributed by atoms with Crippen LogP contribution in [0.15, 0.2) is 30.3 Å². The van der Waals surface area contributed by atoms with E-state index in [0.29, 0.717) is 30.7 Å². The Balaban J connectivity index is 1.73. The molecule has 1 fully saturated rings. The van der Waals surface area contributed by atoms with Crippen molar-refractivity contribution in [3.63, 3.8) is 0 Å². The molecule has 1 aromatic carbocycles. The molecule has 1 aliphatic heterocycles. The standard InChI is InChI=1S/C19H27NO3/c1-19(2,16-11-13-20-14-12-16)23-18(22)10-6-9-17(21)15-7-4-3-5-8-15/h3-5,7-8,16,20H,6,9-14H2,1-2H3/p+1. The lowest BCUT2D eigenvalue weighted by atomic mass is 9.83. The molecule has 1 heterocycles. The number of ketones is 1. The zero-order chi connectivity index (χ0) is 16.7. The molecule has 0 bridgehead atoms. The Morgan fingerprint density at radius 1 is 1.13 bits per heavy atom. The number of carbonyl (C=O) groups is 2. The quantitative estimate of drug-likeness (QED) is 0.620. The van der Waals surface area contributed by atoms with Gasteiger partial charge in [-0.25, -0.2) is 0 Å². The summed E-state index contributed by atoms with van der Waals surface area (Å²) in [6.07, 6.45) is 3.42. The summed E-state index contributed by atoms with van der Waals surface area (Å²) < 4.78 is 5.70. The van der Waals surface area contributed by atoms with Crippen LogP contribution in [0.4, 0.5) is 0 Å². The lowest BCUT2D eigenvalue weighted by Gasteiger charge is -2.35. The second-order valence-corrected chi connectivity index (χ2v) is 6.86. The van der Waals surface area contributed by atoms with Gasteiger partial charge in [0, 0.05) is 37.2 Å². The Labute approximate surface area is 138 Å². The summed E-state index contributed by atoms with van der Waals surface area (Å²) in [4.78, 5) is 24.1. The van der Waals surface area contributed by atoms with E-state index in [9.17, 15) is 9.59 Å². The highest BCUT2D eigenvalue weighted by Gasteiger charge is 2.35. The Bertz CT molecular complexity index is 519. The SMILES string of the molecule is CC(C)(OC(=O)CCCC(=O)c1ccccc1)C1CC[NH2+]CC1. The zero-order valence-corrected chi connectivity index (χ0v) is 14.2. The monoisotopic (exact) mass is 318 g/mol. The van der Waals surface area contributed by atoms with Crippen molar-refractivity contribution in [3.8, 4) is 0 Å². The highest BCUT2D eigenvalue weighted by molar-refractivity contribution is 5.96. The maximum Gasteiger partial charge on any atom is 0.306 e. The second kappa shape index (κ2) is 8.25. The van der Waals surface area contributed by atoms with Crippen LogP contribution in [0.3, 0.4) is 0 Å². The van der Waals surface area contributed by atoms with Crippen molar-refractivity contribution >= 4 is 11.8 Å². The smallest absolute Gasteiger partial charge is 0.306 e. The molecular weight excluding hydrogens is 290 g/mol. The van der Waals surface area contributed by atoms with Crippen LogP contribution in [0.25, 0.3) is 0 Å². The number of esters is 1. The molecule has 126 valence electrons. The molecule has 23 heavy (non-hydrogen) atoms. The minimum Gasteiger partial charge on any atom is -0.459 e. The van der Waals surface area contributed by atoms with Crippen LogP contribution in [0.2, 0.25) is 0 Å². The predicted octanol–water partition coefficient (Wildman–Crippen LogP) is 2.33. The van der Waals surface area contributed by atoms with Gasteiger partial charge in [-0.15, -0.1) is 0 Å². The summed E-state index contributed by atoms with van der Waals surface area (Å²) in [5.41, 5.74) is 0.300. The van der Waals surface area contributed by atoms with Gasteiger partial charge >= 0.3 is 5.97 Å². The second-order valence-electron chi connectivity index (χ2n) is 6.86. The summed E-state index contributed by atoms with van der Waals surface area (Å²) >= 11 is 0. The molecule has 0 aromatic heterocycles. The van der Waals surface area contributed by atoms with Crippen LogP contribution >= 0.6 is 0 Å². The first-order valence-electron chi connectivity index (χ1n) is 8.61. The van der Waals surface area contributed by atoms with Gasteiger partial charge in [-0.3, -0.25) is 9.59 Å². The number of rotatable bonds is 7. The van der Waals surface area contributed by atoms with Crippen LogP contribution < -0.4 is 5.32 Å². The highest BCUT2D eigenvalue weighted by atomic mass is 16.6. The van der Waals surface area contributed by atoms with Crippen molar-refractivity contribution in [2.75, 3.05) is 13.1 Å². The average molecular weight is 318 g/mol. The number of Topliss-reactive ketones (excluding diaryl/α,β-unsaturated/α-hetero) is 1. The molecule has 0 spiro atoms. The van der Waals surface area contributed by atoms with E-state index in [-0.39, 0.29) is 11.8 Å². The lowest BCUT2D eigenvalue weighted by Crippen LogP contribution is -2.86. The van der Waals surface area contributed by atoms with Gasteiger partial charge in [0.05, 0.1) is 13.1 Å². The largest absolute Gasteiger partial charge is 0.459 e. The number of carbonyl (C=O) groups excluding carboxylic acids is 2. The Morgan fingerprint density at radius 3 is 2.43 bits per heavy atom. The molecule has 0 saturated carbocycles. The molecule has 1 saturated heterocycles. The molecular formula is C19H28NO3+. The minimum absolute atomic E-state index is 0.0838. The van der Waals surface area contributed by atoms with E-state index in [1.165, 1.54) is 0 Å². The number of hydrogen-bond acceptors (Lipinski definition) is 3. The van der Waals surface area contributed by atoms with E-state index in [1.54, 1.807) is 0 Å². The molecule has 0 atom stereocenters. The maximum atomic E-state index is 12.1. The molecule has 0 aliphatic carbocycles. The summed E-state index contributed by atoms with van der Waals surface area (Å²) in [5.74, 6) is 0.327. The fraction of sp³-hybridized carbons (Fsp3) is 0.579. The molecule has 0 amide bonds. The predicted molar refractivity (Wildman–Crippen MR) is 89.2 cm³/mol. The zero-order valence-electron chi connectivity index (χ0n) is 14.2. The average Bonchev–Trinajstić information content (AvgIpc) is 2.56. The number of benzene rings is 1. The Hall–Kier alpha value is -1.68. The molecule has 4 nitrogen and oxygen atoms in total. The first-order valence-corrected chi connectivity index (χ1v) is 8.61. The van der Waals surface area contributed by atoms with Crippen LogP contribution in [0.1, 0.15) is 56.3 Å². The van der Waals surface area contributed by atoms with Gasteiger partial charge in [0.25, 0.3) is 0 Å². The van der Waals surface area contributed by atoms with Gasteiger partial charge in [-0.2, -0.15) is 0 Å². The number of quaternary nitrogens is 1. The third-order valence-electron chi connectivity index (χ3n) is 4.68. The molecule has 0 radical (unpaired) electrons. The van der Waals surface area contributed by atoms with Crippen molar-refractivity contribution in [2.24, 2.45) is 5.92 Å². The van der Waals surface area contributed by atoms with E-state index in [1.807, 2.05) is 44.2 Å². The third kappa shape index (κ3) is 5.47. The summed E-state index contributed by atoms with van der Waals surface area (Å²) in [6.45, 7) is 6.24. The first-order chi connectivity index (χ1) is 11.0. The van der Waals surface area contributed by atoms with E-state index in [4.69, 9.17) is 4.74 Å². The van der Waals surface area contributed by atoms with Gasteiger partial charge in [0.2, 0.25) is 0 Å². The van der Waals surface area contributed by atoms with E-state index >= 15 is 0 Å². The lowest BCUT2D eigenvalue weighted by molar-refractivity contribution is -0.665. The maximum absolute atomic E-state index is 12.1. The van der Waals surface area contributed by atoms with Gasteiger partial charge in [-0.1, -0.05) is 30.3 Å². The van der Waals surface area contributed by atoms with Crippen LogP contribution in [0.5, 0.6) is 0 Å². The molecule has 4 heteroatoms. The van der Waals surface area contributed by atoms with Gasteiger partial charge in [0.1, 0.15) is 5.60 Å². The van der Waals surface area contributed by atoms with Crippen molar-refractivity contribution in [3.05, 3.63) is 35.9 Å². The van der Waals surface area contributed by atoms with Crippen LogP contribution in [0, 0.1) is 5.92 Å². The molecule has 0 unspecified atom stereocenters. The fourth-order valence-corrected chi connectivity index (χ4v) is 3.21. The molecule has 2 N–H and O–H groups in total.